The van der Waals surface area contributed by atoms with Crippen molar-refractivity contribution in [3.8, 4) is 22.3 Å². The molecule has 0 saturated carbocycles. The third-order valence-corrected chi connectivity index (χ3v) is 11.8. The van der Waals surface area contributed by atoms with E-state index in [0.717, 1.165) is 76.5 Å². The molecule has 0 aliphatic rings. The molecule has 0 aliphatic carbocycles. The summed E-state index contributed by atoms with van der Waals surface area (Å²) in [4.78, 5) is 0.547. The van der Waals surface area contributed by atoms with Gasteiger partial charge in [0.1, 0.15) is 11.2 Å². The average Bonchev–Trinajstić information content (AvgIpc) is 3.58. The van der Waals surface area contributed by atoms with Crippen LogP contribution in [0.15, 0.2) is 184 Å². The molecule has 50 heavy (non-hydrogen) atoms. The summed E-state index contributed by atoms with van der Waals surface area (Å²) in [5.41, 5.74) is 5.68. The monoisotopic (exact) mass is 660 g/mol. The van der Waals surface area contributed by atoms with Gasteiger partial charge in [0.2, 0.25) is 9.84 Å². The van der Waals surface area contributed by atoms with Crippen LogP contribution < -0.4 is 0 Å². The van der Waals surface area contributed by atoms with E-state index in [9.17, 15) is 8.42 Å². The first-order valence-corrected chi connectivity index (χ1v) is 18.2. The number of fused-ring (bicyclic) bond motifs is 9. The van der Waals surface area contributed by atoms with Crippen molar-refractivity contribution in [3.05, 3.63) is 170 Å². The van der Waals surface area contributed by atoms with Crippen LogP contribution in [0.1, 0.15) is 0 Å². The van der Waals surface area contributed by atoms with Crippen molar-refractivity contribution in [2.45, 2.75) is 9.79 Å². The number of rotatable bonds is 4. The zero-order valence-corrected chi connectivity index (χ0v) is 27.6. The van der Waals surface area contributed by atoms with E-state index in [1.54, 1.807) is 30.3 Å². The van der Waals surface area contributed by atoms with Crippen molar-refractivity contribution in [2.24, 2.45) is 0 Å². The van der Waals surface area contributed by atoms with Crippen molar-refractivity contribution >= 4 is 74.9 Å². The first kappa shape index (κ1) is 28.8. The molecule has 0 radical (unpaired) electrons. The third kappa shape index (κ3) is 4.19. The molecule has 1 heterocycles. The van der Waals surface area contributed by atoms with Crippen LogP contribution >= 0.6 is 0 Å². The number of benzene rings is 9. The quantitative estimate of drug-likeness (QED) is 0.177. The molecule has 0 unspecified atom stereocenters. The van der Waals surface area contributed by atoms with Gasteiger partial charge in [-0.15, -0.1) is 0 Å². The Morgan fingerprint density at radius 3 is 1.62 bits per heavy atom. The largest absolute Gasteiger partial charge is 0.455 e. The summed E-state index contributed by atoms with van der Waals surface area (Å²) in [6.45, 7) is 0. The van der Waals surface area contributed by atoms with E-state index in [0.29, 0.717) is 0 Å². The van der Waals surface area contributed by atoms with Crippen molar-refractivity contribution < 1.29 is 12.8 Å². The number of hydrogen-bond acceptors (Lipinski definition) is 3. The number of hydrogen-bond donors (Lipinski definition) is 0. The second kappa shape index (κ2) is 10.9. The molecule has 9 aromatic carbocycles. The molecule has 10 rings (SSSR count). The fourth-order valence-corrected chi connectivity index (χ4v) is 9.18. The van der Waals surface area contributed by atoms with Crippen LogP contribution in [0.5, 0.6) is 0 Å². The van der Waals surface area contributed by atoms with Crippen LogP contribution in [0.3, 0.4) is 0 Å². The summed E-state index contributed by atoms with van der Waals surface area (Å²) in [5, 5.41) is 11.1. The number of sulfone groups is 1. The second-order valence-corrected chi connectivity index (χ2v) is 14.7. The highest BCUT2D eigenvalue weighted by molar-refractivity contribution is 7.91. The van der Waals surface area contributed by atoms with Gasteiger partial charge in [-0.3, -0.25) is 0 Å². The minimum Gasteiger partial charge on any atom is -0.455 e. The van der Waals surface area contributed by atoms with Crippen molar-refractivity contribution in [1.82, 2.24) is 0 Å². The topological polar surface area (TPSA) is 47.3 Å². The highest BCUT2D eigenvalue weighted by atomic mass is 32.2. The smallest absolute Gasteiger partial charge is 0.206 e. The Morgan fingerprint density at radius 1 is 0.400 bits per heavy atom. The molecule has 0 aliphatic heterocycles. The molecule has 0 N–H and O–H groups in total. The van der Waals surface area contributed by atoms with Crippen molar-refractivity contribution in [1.29, 1.82) is 0 Å². The molecule has 3 nitrogen and oxygen atoms in total. The summed E-state index contributed by atoms with van der Waals surface area (Å²) >= 11 is 0. The zero-order chi connectivity index (χ0) is 33.4. The van der Waals surface area contributed by atoms with Gasteiger partial charge < -0.3 is 4.42 Å². The minimum absolute atomic E-state index is 0.268. The van der Waals surface area contributed by atoms with E-state index < -0.39 is 9.84 Å². The Hall–Kier alpha value is -6.23. The van der Waals surface area contributed by atoms with Crippen LogP contribution in [-0.2, 0) is 9.84 Å². The van der Waals surface area contributed by atoms with Crippen LogP contribution in [-0.4, -0.2) is 8.42 Å². The van der Waals surface area contributed by atoms with Crippen LogP contribution in [0.25, 0.3) is 87.3 Å². The summed E-state index contributed by atoms with van der Waals surface area (Å²) in [6.07, 6.45) is 0. The molecule has 0 atom stereocenters. The lowest BCUT2D eigenvalue weighted by Crippen LogP contribution is -2.02. The minimum atomic E-state index is -3.71. The van der Waals surface area contributed by atoms with Crippen molar-refractivity contribution in [3.63, 3.8) is 0 Å². The maximum atomic E-state index is 13.8. The Bertz CT molecular complexity index is 3040. The highest BCUT2D eigenvalue weighted by Crippen LogP contribution is 2.49. The van der Waals surface area contributed by atoms with E-state index in [2.05, 4.69) is 115 Å². The maximum absolute atomic E-state index is 13.8. The lowest BCUT2D eigenvalue weighted by molar-refractivity contribution is 0.596. The Labute approximate surface area is 288 Å². The maximum Gasteiger partial charge on any atom is 0.206 e. The molecule has 4 heteroatoms. The van der Waals surface area contributed by atoms with E-state index >= 15 is 0 Å². The summed E-state index contributed by atoms with van der Waals surface area (Å²) in [5.74, 6) is 0. The van der Waals surface area contributed by atoms with E-state index in [1.165, 1.54) is 10.8 Å². The highest BCUT2D eigenvalue weighted by Gasteiger charge is 2.24. The van der Waals surface area contributed by atoms with E-state index in [1.807, 2.05) is 24.3 Å². The molecule has 1 aromatic heterocycles. The van der Waals surface area contributed by atoms with E-state index in [-0.39, 0.29) is 9.79 Å². The first-order chi connectivity index (χ1) is 24.6. The molecule has 0 spiro atoms. The molecule has 0 amide bonds. The van der Waals surface area contributed by atoms with Crippen LogP contribution in [0.4, 0.5) is 0 Å². The van der Waals surface area contributed by atoms with Gasteiger partial charge in [-0.2, -0.15) is 0 Å². The molecule has 0 fully saturated rings. The molecular weight excluding hydrogens is 633 g/mol. The SMILES string of the molecule is O=S(=O)(c1ccccc1)c1cccc(-c2c3ccccc3c(-c3cc4ccccc4c4c3oc3ccc5ccccc5c34)c3ccccc23)c1. The van der Waals surface area contributed by atoms with Crippen LogP contribution in [0.2, 0.25) is 0 Å². The fourth-order valence-electron chi connectivity index (χ4n) is 7.86. The molecule has 0 bridgehead atoms. The van der Waals surface area contributed by atoms with Gasteiger partial charge in [0.25, 0.3) is 0 Å². The third-order valence-electron chi connectivity index (χ3n) is 10.0. The predicted octanol–water partition coefficient (Wildman–Crippen LogP) is 12.4. The number of furan rings is 1. The molecular formula is C46H28O3S. The Morgan fingerprint density at radius 2 is 0.940 bits per heavy atom. The normalized spacial score (nSPS) is 12.2. The van der Waals surface area contributed by atoms with Gasteiger partial charge in [0.05, 0.1) is 9.79 Å². The van der Waals surface area contributed by atoms with E-state index in [4.69, 9.17) is 4.42 Å². The zero-order valence-electron chi connectivity index (χ0n) is 26.8. The Kier molecular flexibility index (Phi) is 6.26. The standard InChI is InChI=1S/C46H28O3S/c47-50(48,32-16-2-1-3-17-32)33-18-12-15-31(27-33)42-36-21-8-10-23-38(36)43(39-24-11-9-22-37(39)42)40-28-30-14-5-7-20-35(30)45-44-34-19-6-4-13-29(34)25-26-41(44)49-46(40)45/h1-28H. The first-order valence-electron chi connectivity index (χ1n) is 16.7. The van der Waals surface area contributed by atoms with Gasteiger partial charge in [-0.05, 0) is 90.6 Å². The van der Waals surface area contributed by atoms with Crippen LogP contribution in [0, 0.1) is 0 Å². The summed E-state index contributed by atoms with van der Waals surface area (Å²) < 4.78 is 34.4. The van der Waals surface area contributed by atoms with Crippen molar-refractivity contribution in [2.75, 3.05) is 0 Å². The summed E-state index contributed by atoms with van der Waals surface area (Å²) in [6, 6.07) is 56.4. The molecule has 0 saturated heterocycles. The van der Waals surface area contributed by atoms with Gasteiger partial charge in [-0.25, -0.2) is 8.42 Å². The van der Waals surface area contributed by atoms with Gasteiger partial charge in [0.15, 0.2) is 0 Å². The second-order valence-electron chi connectivity index (χ2n) is 12.8. The summed E-state index contributed by atoms with van der Waals surface area (Å²) in [7, 11) is -3.71. The Balaban J connectivity index is 1.32. The van der Waals surface area contributed by atoms with Gasteiger partial charge in [-0.1, -0.05) is 133 Å². The lowest BCUT2D eigenvalue weighted by Gasteiger charge is -2.19. The molecule has 10 aromatic rings. The average molecular weight is 661 g/mol. The van der Waals surface area contributed by atoms with Gasteiger partial charge >= 0.3 is 0 Å². The fraction of sp³-hybridized carbons (Fsp3) is 0. The van der Waals surface area contributed by atoms with Gasteiger partial charge in [0, 0.05) is 21.9 Å². The predicted molar refractivity (Wildman–Crippen MR) is 207 cm³/mol. The lowest BCUT2D eigenvalue weighted by atomic mass is 9.85. The molecule has 236 valence electrons.